The summed E-state index contributed by atoms with van der Waals surface area (Å²) in [5, 5.41) is 16.5. The Labute approximate surface area is 149 Å². The molecule has 3 aromatic rings. The van der Waals surface area contributed by atoms with Gasteiger partial charge < -0.3 is 10.4 Å². The van der Waals surface area contributed by atoms with Crippen molar-refractivity contribution in [2.24, 2.45) is 5.92 Å². The second-order valence-corrected chi connectivity index (χ2v) is 7.61. The molecule has 2 heterocycles. The number of nitrogens with one attached hydrogen (secondary N) is 1. The highest BCUT2D eigenvalue weighted by Crippen LogP contribution is 2.38. The number of nitrogens with zero attached hydrogens (tertiary/aromatic N) is 2. The van der Waals surface area contributed by atoms with E-state index in [-0.39, 0.29) is 24.0 Å². The number of aliphatic hydroxyl groups is 1. The first-order valence-corrected chi connectivity index (χ1v) is 9.24. The van der Waals surface area contributed by atoms with Gasteiger partial charge in [0.25, 0.3) is 5.91 Å². The molecule has 1 saturated carbocycles. The molecule has 6 heteroatoms. The number of para-hydroxylation sites is 1. The smallest absolute Gasteiger partial charge is 0.271 e. The summed E-state index contributed by atoms with van der Waals surface area (Å²) in [6, 6.07) is 9.83. The SMILES string of the molecule is Cc1nc(C(=O)N[C@@H](c2cnc3ccccc3c2)C2CC(O)C2)cs1. The molecule has 5 nitrogen and oxygen atoms in total. The topological polar surface area (TPSA) is 75.1 Å². The molecule has 0 bridgehead atoms. The van der Waals surface area contributed by atoms with Gasteiger partial charge in [-0.1, -0.05) is 18.2 Å². The Morgan fingerprint density at radius 1 is 1.36 bits per heavy atom. The number of aromatic nitrogens is 2. The van der Waals surface area contributed by atoms with E-state index in [1.807, 2.05) is 37.4 Å². The Balaban J connectivity index is 1.64. The van der Waals surface area contributed by atoms with E-state index in [9.17, 15) is 9.90 Å². The van der Waals surface area contributed by atoms with Crippen LogP contribution in [0.3, 0.4) is 0 Å². The van der Waals surface area contributed by atoms with Crippen LogP contribution in [0, 0.1) is 12.8 Å². The van der Waals surface area contributed by atoms with Gasteiger partial charge in [0.1, 0.15) is 5.69 Å². The van der Waals surface area contributed by atoms with Crippen molar-refractivity contribution in [2.45, 2.75) is 31.9 Å². The standard InChI is InChI=1S/C19H19N3O2S/c1-11-21-17(10-25-11)19(24)22-18(13-7-15(23)8-13)14-6-12-4-2-3-5-16(12)20-9-14/h2-6,9-10,13,15,18,23H,7-8H2,1H3,(H,22,24)/t13?,15?,18-/m1/s1. The van der Waals surface area contributed by atoms with Gasteiger partial charge in [-0.05, 0) is 43.4 Å². The molecule has 2 aromatic heterocycles. The van der Waals surface area contributed by atoms with Gasteiger partial charge in [0.15, 0.2) is 0 Å². The Kier molecular flexibility index (Phi) is 4.23. The molecular weight excluding hydrogens is 334 g/mol. The van der Waals surface area contributed by atoms with Crippen LogP contribution in [-0.2, 0) is 0 Å². The molecule has 0 unspecified atom stereocenters. The van der Waals surface area contributed by atoms with E-state index in [1.54, 1.807) is 5.38 Å². The summed E-state index contributed by atoms with van der Waals surface area (Å²) < 4.78 is 0. The lowest BCUT2D eigenvalue weighted by Crippen LogP contribution is -2.41. The van der Waals surface area contributed by atoms with Gasteiger partial charge in [0, 0.05) is 17.0 Å². The highest BCUT2D eigenvalue weighted by molar-refractivity contribution is 7.09. The quantitative estimate of drug-likeness (QED) is 0.755. The van der Waals surface area contributed by atoms with Crippen molar-refractivity contribution in [1.82, 2.24) is 15.3 Å². The van der Waals surface area contributed by atoms with Gasteiger partial charge in [-0.15, -0.1) is 11.3 Å². The van der Waals surface area contributed by atoms with Gasteiger partial charge >= 0.3 is 0 Å². The van der Waals surface area contributed by atoms with Crippen molar-refractivity contribution in [1.29, 1.82) is 0 Å². The van der Waals surface area contributed by atoms with Crippen LogP contribution in [0.4, 0.5) is 0 Å². The zero-order valence-corrected chi connectivity index (χ0v) is 14.7. The first-order valence-electron chi connectivity index (χ1n) is 8.36. The average molecular weight is 353 g/mol. The van der Waals surface area contributed by atoms with Crippen LogP contribution in [-0.4, -0.2) is 27.1 Å². The number of hydrogen-bond donors (Lipinski definition) is 2. The van der Waals surface area contributed by atoms with Gasteiger partial charge in [0.05, 0.1) is 22.7 Å². The molecule has 0 spiro atoms. The number of amides is 1. The van der Waals surface area contributed by atoms with E-state index in [0.29, 0.717) is 18.5 Å². The summed E-state index contributed by atoms with van der Waals surface area (Å²) in [4.78, 5) is 21.4. The number of fused-ring (bicyclic) bond motifs is 1. The normalized spacial score (nSPS) is 20.9. The second-order valence-electron chi connectivity index (χ2n) is 6.55. The number of rotatable bonds is 4. The lowest BCUT2D eigenvalue weighted by molar-refractivity contribution is 0.0234. The fraction of sp³-hybridized carbons (Fsp3) is 0.316. The maximum absolute atomic E-state index is 12.6. The van der Waals surface area contributed by atoms with Crippen molar-refractivity contribution < 1.29 is 9.90 Å². The lowest BCUT2D eigenvalue weighted by Gasteiger charge is -2.38. The van der Waals surface area contributed by atoms with Crippen LogP contribution in [0.1, 0.15) is 39.9 Å². The molecule has 1 aliphatic carbocycles. The Bertz CT molecular complexity index is 918. The third-order valence-electron chi connectivity index (χ3n) is 4.73. The molecular formula is C19H19N3O2S. The monoisotopic (exact) mass is 353 g/mol. The minimum Gasteiger partial charge on any atom is -0.393 e. The minimum atomic E-state index is -0.278. The minimum absolute atomic E-state index is 0.171. The number of benzene rings is 1. The molecule has 128 valence electrons. The fourth-order valence-electron chi connectivity index (χ4n) is 3.32. The first-order chi connectivity index (χ1) is 12.1. The van der Waals surface area contributed by atoms with Crippen LogP contribution >= 0.6 is 11.3 Å². The number of aliphatic hydroxyl groups excluding tert-OH is 1. The van der Waals surface area contributed by atoms with Crippen molar-refractivity contribution in [3.8, 4) is 0 Å². The Morgan fingerprint density at radius 2 is 2.16 bits per heavy atom. The number of hydrogen-bond acceptors (Lipinski definition) is 5. The lowest BCUT2D eigenvalue weighted by atomic mass is 9.75. The number of pyridine rings is 1. The molecule has 2 N–H and O–H groups in total. The summed E-state index contributed by atoms with van der Waals surface area (Å²) in [6.45, 7) is 1.88. The van der Waals surface area contributed by atoms with Crippen molar-refractivity contribution in [3.05, 3.63) is 58.2 Å². The van der Waals surface area contributed by atoms with E-state index in [0.717, 1.165) is 21.5 Å². The first kappa shape index (κ1) is 16.2. The van der Waals surface area contributed by atoms with Gasteiger partial charge in [0.2, 0.25) is 0 Å². The molecule has 0 radical (unpaired) electrons. The number of aryl methyl sites for hydroxylation is 1. The highest BCUT2D eigenvalue weighted by atomic mass is 32.1. The highest BCUT2D eigenvalue weighted by Gasteiger charge is 2.36. The predicted octanol–water partition coefficient (Wildman–Crippen LogP) is 3.24. The van der Waals surface area contributed by atoms with E-state index in [4.69, 9.17) is 0 Å². The average Bonchev–Trinajstić information content (AvgIpc) is 3.03. The largest absolute Gasteiger partial charge is 0.393 e. The molecule has 1 aliphatic rings. The molecule has 1 amide bonds. The third-order valence-corrected chi connectivity index (χ3v) is 5.50. The summed E-state index contributed by atoms with van der Waals surface area (Å²) in [5.41, 5.74) is 2.34. The predicted molar refractivity (Wildman–Crippen MR) is 97.5 cm³/mol. The molecule has 1 fully saturated rings. The van der Waals surface area contributed by atoms with Crippen LogP contribution in [0.2, 0.25) is 0 Å². The third kappa shape index (κ3) is 3.27. The molecule has 1 atom stereocenters. The maximum atomic E-state index is 12.6. The number of thiazole rings is 1. The van der Waals surface area contributed by atoms with Crippen LogP contribution < -0.4 is 5.32 Å². The molecule has 4 rings (SSSR count). The maximum Gasteiger partial charge on any atom is 0.271 e. The Morgan fingerprint density at radius 3 is 2.88 bits per heavy atom. The second kappa shape index (κ2) is 6.54. The Hall–Kier alpha value is -2.31. The van der Waals surface area contributed by atoms with E-state index in [1.165, 1.54) is 11.3 Å². The van der Waals surface area contributed by atoms with Crippen LogP contribution in [0.15, 0.2) is 41.9 Å². The van der Waals surface area contributed by atoms with Crippen LogP contribution in [0.25, 0.3) is 10.9 Å². The molecule has 25 heavy (non-hydrogen) atoms. The van der Waals surface area contributed by atoms with E-state index >= 15 is 0 Å². The van der Waals surface area contributed by atoms with Crippen molar-refractivity contribution >= 4 is 28.1 Å². The summed E-state index contributed by atoms with van der Waals surface area (Å²) in [5.74, 6) is 0.0329. The zero-order chi connectivity index (χ0) is 17.4. The zero-order valence-electron chi connectivity index (χ0n) is 13.8. The van der Waals surface area contributed by atoms with Crippen LogP contribution in [0.5, 0.6) is 0 Å². The fourth-order valence-corrected chi connectivity index (χ4v) is 3.91. The summed E-state index contributed by atoms with van der Waals surface area (Å²) in [7, 11) is 0. The van der Waals surface area contributed by atoms with Crippen molar-refractivity contribution in [3.63, 3.8) is 0 Å². The molecule has 1 aromatic carbocycles. The molecule has 0 saturated heterocycles. The molecule has 0 aliphatic heterocycles. The van der Waals surface area contributed by atoms with E-state index < -0.39 is 0 Å². The van der Waals surface area contributed by atoms with Gasteiger partial charge in [-0.3, -0.25) is 9.78 Å². The van der Waals surface area contributed by atoms with Crippen molar-refractivity contribution in [2.75, 3.05) is 0 Å². The van der Waals surface area contributed by atoms with Gasteiger partial charge in [-0.2, -0.15) is 0 Å². The number of carbonyl (C=O) groups is 1. The van der Waals surface area contributed by atoms with Gasteiger partial charge in [-0.25, -0.2) is 4.98 Å². The number of carbonyl (C=O) groups excluding carboxylic acids is 1. The summed E-state index contributed by atoms with van der Waals surface area (Å²) in [6.07, 6.45) is 2.92. The summed E-state index contributed by atoms with van der Waals surface area (Å²) >= 11 is 1.46. The van der Waals surface area contributed by atoms with E-state index in [2.05, 4.69) is 21.4 Å².